The van der Waals surface area contributed by atoms with Gasteiger partial charge in [0.05, 0.1) is 32.0 Å². The highest BCUT2D eigenvalue weighted by Gasteiger charge is 2.44. The molecule has 68 heavy (non-hydrogen) atoms. The second kappa shape index (κ2) is 46.5. The van der Waals surface area contributed by atoms with Crippen molar-refractivity contribution in [3.8, 4) is 0 Å². The molecule has 1 aliphatic heterocycles. The highest BCUT2D eigenvalue weighted by atomic mass is 16.7. The van der Waals surface area contributed by atoms with Crippen molar-refractivity contribution >= 4 is 11.9 Å². The van der Waals surface area contributed by atoms with Crippen LogP contribution >= 0.6 is 0 Å². The van der Waals surface area contributed by atoms with Crippen LogP contribution < -0.4 is 5.32 Å². The summed E-state index contributed by atoms with van der Waals surface area (Å²) in [7, 11) is 0. The van der Waals surface area contributed by atoms with Gasteiger partial charge in [-0.1, -0.05) is 170 Å². The Morgan fingerprint density at radius 1 is 0.574 bits per heavy atom. The number of aliphatic hydroxyl groups is 5. The molecule has 1 saturated heterocycles. The van der Waals surface area contributed by atoms with Gasteiger partial charge < -0.3 is 45.1 Å². The first-order valence-electron chi connectivity index (χ1n) is 27.2. The van der Waals surface area contributed by atoms with Crippen LogP contribution in [0.3, 0.4) is 0 Å². The van der Waals surface area contributed by atoms with Crippen molar-refractivity contribution in [3.05, 3.63) is 72.9 Å². The summed E-state index contributed by atoms with van der Waals surface area (Å²) in [4.78, 5) is 25.0. The van der Waals surface area contributed by atoms with Gasteiger partial charge in [0, 0.05) is 12.8 Å². The van der Waals surface area contributed by atoms with E-state index in [4.69, 9.17) is 14.2 Å². The molecule has 0 aliphatic carbocycles. The maximum atomic E-state index is 13.0. The van der Waals surface area contributed by atoms with Crippen LogP contribution in [0.5, 0.6) is 0 Å². The van der Waals surface area contributed by atoms with Crippen LogP contribution in [-0.4, -0.2) is 100 Å². The summed E-state index contributed by atoms with van der Waals surface area (Å²) in [5.41, 5.74) is 0. The fraction of sp³-hybridized carbons (Fsp3) is 0.754. The molecule has 0 aromatic carbocycles. The van der Waals surface area contributed by atoms with Gasteiger partial charge in [0.2, 0.25) is 5.91 Å². The lowest BCUT2D eigenvalue weighted by molar-refractivity contribution is -0.302. The Hall–Kier alpha value is -2.90. The molecule has 0 aromatic rings. The first kappa shape index (κ1) is 63.1. The topological polar surface area (TPSA) is 175 Å². The van der Waals surface area contributed by atoms with E-state index in [1.807, 2.05) is 19.1 Å². The second-order valence-corrected chi connectivity index (χ2v) is 18.6. The zero-order chi connectivity index (χ0) is 49.6. The number of carbonyl (C=O) groups excluding carboxylic acids is 2. The van der Waals surface area contributed by atoms with E-state index in [2.05, 4.69) is 66.9 Å². The molecule has 0 aromatic heterocycles. The van der Waals surface area contributed by atoms with Gasteiger partial charge in [-0.25, -0.2) is 0 Å². The summed E-state index contributed by atoms with van der Waals surface area (Å²) in [6.45, 7) is 3.97. The lowest BCUT2D eigenvalue weighted by Gasteiger charge is -2.40. The minimum Gasteiger partial charge on any atom is -0.466 e. The summed E-state index contributed by atoms with van der Waals surface area (Å²) < 4.78 is 16.6. The minimum absolute atomic E-state index is 0.0309. The van der Waals surface area contributed by atoms with E-state index in [0.29, 0.717) is 25.9 Å². The number of carbonyl (C=O) groups is 2. The predicted molar refractivity (Wildman–Crippen MR) is 278 cm³/mol. The second-order valence-electron chi connectivity index (χ2n) is 18.6. The van der Waals surface area contributed by atoms with Crippen LogP contribution in [0.4, 0.5) is 0 Å². The average Bonchev–Trinajstić information content (AvgIpc) is 3.33. The molecular weight excluding hydrogens is 859 g/mol. The SMILES string of the molecule is C/C=C/CC/C=C/CC/C=C/C(O)C(COC1OC(CO)C(O)C(O)C1O)NC(=O)CCCCCCC/C=C\CCCCCCCCCCCOC(=O)CCCCCCC/C=C\C/C=C\CCC. The van der Waals surface area contributed by atoms with Gasteiger partial charge in [-0.3, -0.25) is 9.59 Å². The Labute approximate surface area is 413 Å². The summed E-state index contributed by atoms with van der Waals surface area (Å²) in [5.74, 6) is -0.248. The molecule has 11 heteroatoms. The van der Waals surface area contributed by atoms with E-state index in [1.165, 1.54) is 77.0 Å². The first-order chi connectivity index (χ1) is 33.2. The van der Waals surface area contributed by atoms with Gasteiger partial charge in [0.1, 0.15) is 24.4 Å². The maximum absolute atomic E-state index is 13.0. The molecule has 1 fully saturated rings. The number of aliphatic hydroxyl groups excluding tert-OH is 5. The van der Waals surface area contributed by atoms with Crippen LogP contribution in [0.15, 0.2) is 72.9 Å². The number of unbranched alkanes of at least 4 members (excludes halogenated alkanes) is 22. The van der Waals surface area contributed by atoms with Gasteiger partial charge in [-0.05, 0) is 103 Å². The molecule has 6 N–H and O–H groups in total. The fourth-order valence-electron chi connectivity index (χ4n) is 7.97. The summed E-state index contributed by atoms with van der Waals surface area (Å²) in [6.07, 6.45) is 50.2. The molecule has 1 rings (SSSR count). The number of allylic oxidation sites excluding steroid dienone is 11. The van der Waals surface area contributed by atoms with Crippen molar-refractivity contribution < 1.29 is 49.3 Å². The van der Waals surface area contributed by atoms with E-state index in [1.54, 1.807) is 6.08 Å². The molecule has 392 valence electrons. The zero-order valence-electron chi connectivity index (χ0n) is 42.8. The number of amides is 1. The van der Waals surface area contributed by atoms with Crippen molar-refractivity contribution in [1.29, 1.82) is 0 Å². The fourth-order valence-corrected chi connectivity index (χ4v) is 7.97. The predicted octanol–water partition coefficient (Wildman–Crippen LogP) is 11.7. The standard InChI is InChI=1S/C57H99NO10/c1-3-5-7-9-11-13-14-21-25-29-33-37-41-45-53(62)66-46-42-38-34-30-26-23-20-18-16-15-17-19-22-24-28-32-36-40-44-52(61)58-49(50(60)43-39-35-31-27-12-10-8-6-4-2)48-67-57-56(65)55(64)54(63)51(47-59)68-57/h4,6-7,9,12-14,17,19,27,39,43,49-51,54-57,59-60,63-65H,3,5,8,10-11,15-16,18,20-26,28-38,40-42,44-48H2,1-2H3,(H,58,61)/b6-4+,9-7-,14-13-,19-17-,27-12+,43-39+. The van der Waals surface area contributed by atoms with E-state index < -0.39 is 49.5 Å². The zero-order valence-corrected chi connectivity index (χ0v) is 42.8. The van der Waals surface area contributed by atoms with Gasteiger partial charge in [-0.15, -0.1) is 0 Å². The molecule has 1 aliphatic rings. The highest BCUT2D eigenvalue weighted by molar-refractivity contribution is 5.76. The van der Waals surface area contributed by atoms with Gasteiger partial charge in [-0.2, -0.15) is 0 Å². The van der Waals surface area contributed by atoms with E-state index in [9.17, 15) is 35.1 Å². The minimum atomic E-state index is -1.59. The Balaban J connectivity index is 2.09. The number of hydrogen-bond acceptors (Lipinski definition) is 10. The molecule has 1 heterocycles. The number of esters is 1. The third kappa shape index (κ3) is 36.1. The largest absolute Gasteiger partial charge is 0.466 e. The van der Waals surface area contributed by atoms with Crippen molar-refractivity contribution in [2.45, 2.75) is 256 Å². The Kier molecular flexibility index (Phi) is 43.1. The average molecular weight is 958 g/mol. The van der Waals surface area contributed by atoms with Crippen molar-refractivity contribution in [2.75, 3.05) is 19.8 Å². The lowest BCUT2D eigenvalue weighted by atomic mass is 9.99. The molecule has 0 bridgehead atoms. The third-order valence-electron chi connectivity index (χ3n) is 12.3. The maximum Gasteiger partial charge on any atom is 0.305 e. The lowest BCUT2D eigenvalue weighted by Crippen LogP contribution is -2.60. The molecule has 0 spiro atoms. The van der Waals surface area contributed by atoms with E-state index in [-0.39, 0.29) is 18.5 Å². The monoisotopic (exact) mass is 958 g/mol. The number of ether oxygens (including phenoxy) is 3. The number of hydrogen-bond donors (Lipinski definition) is 6. The summed E-state index contributed by atoms with van der Waals surface area (Å²) >= 11 is 0. The molecule has 11 nitrogen and oxygen atoms in total. The number of nitrogens with one attached hydrogen (secondary N) is 1. The van der Waals surface area contributed by atoms with Crippen LogP contribution in [0.2, 0.25) is 0 Å². The van der Waals surface area contributed by atoms with Crippen LogP contribution in [-0.2, 0) is 23.8 Å². The summed E-state index contributed by atoms with van der Waals surface area (Å²) in [5, 5.41) is 54.0. The highest BCUT2D eigenvalue weighted by Crippen LogP contribution is 2.23. The quantitative estimate of drug-likeness (QED) is 0.0196. The van der Waals surface area contributed by atoms with Gasteiger partial charge >= 0.3 is 5.97 Å². The molecule has 7 unspecified atom stereocenters. The Morgan fingerprint density at radius 3 is 1.63 bits per heavy atom. The van der Waals surface area contributed by atoms with Gasteiger partial charge in [0.15, 0.2) is 6.29 Å². The molecule has 0 radical (unpaired) electrons. The Bertz CT molecular complexity index is 1360. The smallest absolute Gasteiger partial charge is 0.305 e. The van der Waals surface area contributed by atoms with Crippen LogP contribution in [0.1, 0.15) is 213 Å². The molecule has 0 saturated carbocycles. The van der Waals surface area contributed by atoms with Crippen LogP contribution in [0, 0.1) is 0 Å². The Morgan fingerprint density at radius 2 is 1.06 bits per heavy atom. The van der Waals surface area contributed by atoms with E-state index in [0.717, 1.165) is 103 Å². The van der Waals surface area contributed by atoms with Crippen molar-refractivity contribution in [1.82, 2.24) is 5.32 Å². The van der Waals surface area contributed by atoms with Gasteiger partial charge in [0.25, 0.3) is 0 Å². The van der Waals surface area contributed by atoms with Crippen LogP contribution in [0.25, 0.3) is 0 Å². The molecule has 7 atom stereocenters. The van der Waals surface area contributed by atoms with Crippen molar-refractivity contribution in [2.24, 2.45) is 0 Å². The summed E-state index contributed by atoms with van der Waals surface area (Å²) in [6, 6.07) is -0.845. The third-order valence-corrected chi connectivity index (χ3v) is 12.3. The molecule has 1 amide bonds. The van der Waals surface area contributed by atoms with Crippen molar-refractivity contribution in [3.63, 3.8) is 0 Å². The molecular formula is C57H99NO10. The normalized spacial score (nSPS) is 20.0. The number of rotatable bonds is 45. The first-order valence-corrected chi connectivity index (χ1v) is 27.2. The van der Waals surface area contributed by atoms with E-state index >= 15 is 0 Å².